The number of hydrogen-bond donors (Lipinski definition) is 0. The predicted octanol–water partition coefficient (Wildman–Crippen LogP) is 4.71. The molecule has 4 rings (SSSR count). The summed E-state index contributed by atoms with van der Waals surface area (Å²) in [6, 6.07) is 14.2. The Morgan fingerprint density at radius 2 is 2.13 bits per heavy atom. The first-order chi connectivity index (χ1) is 15.2. The standard InChI is InChI=1S/C23H28N4O2S2/c1-3-26(15-18-9-5-4-6-10-18)22(28)17(2)31-23-25-24-21(20-12-8-14-30-20)27(23)16-19-11-7-13-29-19/h4-6,8-10,12,14,17,19H,3,7,11,13,15-16H2,1-2H3. The van der Waals surface area contributed by atoms with Crippen LogP contribution in [0, 0.1) is 0 Å². The third kappa shape index (κ3) is 5.37. The fraction of sp³-hybridized carbons (Fsp3) is 0.435. The summed E-state index contributed by atoms with van der Waals surface area (Å²) in [6.07, 6.45) is 2.30. The zero-order chi connectivity index (χ0) is 21.6. The smallest absolute Gasteiger partial charge is 0.236 e. The van der Waals surface area contributed by atoms with E-state index < -0.39 is 0 Å². The molecule has 1 aromatic carbocycles. The molecule has 0 N–H and O–H groups in total. The van der Waals surface area contributed by atoms with Gasteiger partial charge in [0.1, 0.15) is 0 Å². The van der Waals surface area contributed by atoms with E-state index in [1.54, 1.807) is 11.3 Å². The van der Waals surface area contributed by atoms with E-state index in [0.29, 0.717) is 19.6 Å². The molecule has 31 heavy (non-hydrogen) atoms. The minimum atomic E-state index is -0.257. The Hall–Kier alpha value is -2.16. The first-order valence-electron chi connectivity index (χ1n) is 10.7. The summed E-state index contributed by atoms with van der Waals surface area (Å²) < 4.78 is 8.00. The van der Waals surface area contributed by atoms with Gasteiger partial charge in [-0.1, -0.05) is 48.2 Å². The Balaban J connectivity index is 1.51. The Bertz CT molecular complexity index is 969. The molecule has 2 unspecified atom stereocenters. The number of carbonyl (C=O) groups excluding carboxylic acids is 1. The van der Waals surface area contributed by atoms with Gasteiger partial charge in [0.2, 0.25) is 5.91 Å². The van der Waals surface area contributed by atoms with Crippen LogP contribution in [0.2, 0.25) is 0 Å². The summed E-state index contributed by atoms with van der Waals surface area (Å²) in [5.41, 5.74) is 1.14. The molecule has 0 radical (unpaired) electrons. The van der Waals surface area contributed by atoms with Crippen LogP contribution in [0.4, 0.5) is 0 Å². The van der Waals surface area contributed by atoms with Gasteiger partial charge in [-0.3, -0.25) is 9.36 Å². The van der Waals surface area contributed by atoms with Crippen LogP contribution < -0.4 is 0 Å². The molecule has 164 valence electrons. The van der Waals surface area contributed by atoms with Gasteiger partial charge in [-0.25, -0.2) is 0 Å². The second-order valence-corrected chi connectivity index (χ2v) is 9.88. The molecule has 3 aromatic rings. The third-order valence-electron chi connectivity index (χ3n) is 5.41. The highest BCUT2D eigenvalue weighted by Gasteiger charge is 2.26. The van der Waals surface area contributed by atoms with Crippen LogP contribution >= 0.6 is 23.1 Å². The van der Waals surface area contributed by atoms with Crippen molar-refractivity contribution >= 4 is 29.0 Å². The number of carbonyl (C=O) groups is 1. The fourth-order valence-corrected chi connectivity index (χ4v) is 5.40. The average Bonchev–Trinajstić information content (AvgIpc) is 3.56. The van der Waals surface area contributed by atoms with Crippen molar-refractivity contribution in [2.45, 2.75) is 56.3 Å². The van der Waals surface area contributed by atoms with E-state index in [4.69, 9.17) is 4.74 Å². The molecule has 0 bridgehead atoms. The summed E-state index contributed by atoms with van der Waals surface area (Å²) in [5.74, 6) is 0.963. The molecule has 0 saturated carbocycles. The highest BCUT2D eigenvalue weighted by molar-refractivity contribution is 8.00. The third-order valence-corrected chi connectivity index (χ3v) is 7.34. The van der Waals surface area contributed by atoms with Crippen LogP contribution in [0.1, 0.15) is 32.3 Å². The summed E-state index contributed by atoms with van der Waals surface area (Å²) >= 11 is 3.13. The molecular formula is C23H28N4O2S2. The van der Waals surface area contributed by atoms with Gasteiger partial charge in [0.15, 0.2) is 11.0 Å². The minimum absolute atomic E-state index is 0.112. The van der Waals surface area contributed by atoms with Crippen molar-refractivity contribution in [1.82, 2.24) is 19.7 Å². The van der Waals surface area contributed by atoms with Crippen molar-refractivity contribution in [3.63, 3.8) is 0 Å². The lowest BCUT2D eigenvalue weighted by molar-refractivity contribution is -0.130. The van der Waals surface area contributed by atoms with Crippen LogP contribution in [-0.2, 0) is 22.6 Å². The second kappa shape index (κ2) is 10.4. The Morgan fingerprint density at radius 1 is 1.29 bits per heavy atom. The summed E-state index contributed by atoms with van der Waals surface area (Å²) in [4.78, 5) is 16.2. The molecule has 2 atom stereocenters. The van der Waals surface area contributed by atoms with Crippen molar-refractivity contribution in [3.8, 4) is 10.7 Å². The van der Waals surface area contributed by atoms with Gasteiger partial charge >= 0.3 is 0 Å². The van der Waals surface area contributed by atoms with E-state index in [-0.39, 0.29) is 17.3 Å². The Morgan fingerprint density at radius 3 is 2.81 bits per heavy atom. The minimum Gasteiger partial charge on any atom is -0.376 e. The topological polar surface area (TPSA) is 60.2 Å². The summed E-state index contributed by atoms with van der Waals surface area (Å²) in [5, 5.41) is 11.5. The highest BCUT2D eigenvalue weighted by Crippen LogP contribution is 2.31. The van der Waals surface area contributed by atoms with Crippen LogP contribution in [0.25, 0.3) is 10.7 Å². The average molecular weight is 457 g/mol. The van der Waals surface area contributed by atoms with Crippen LogP contribution in [0.5, 0.6) is 0 Å². The number of thioether (sulfide) groups is 1. The van der Waals surface area contributed by atoms with Gasteiger partial charge in [0.05, 0.1) is 22.8 Å². The van der Waals surface area contributed by atoms with E-state index in [0.717, 1.165) is 40.9 Å². The van der Waals surface area contributed by atoms with E-state index >= 15 is 0 Å². The molecule has 1 fully saturated rings. The lowest BCUT2D eigenvalue weighted by atomic mass is 10.2. The Labute approximate surface area is 191 Å². The van der Waals surface area contributed by atoms with Crippen molar-refractivity contribution < 1.29 is 9.53 Å². The van der Waals surface area contributed by atoms with Gasteiger partial charge in [-0.2, -0.15) is 0 Å². The molecule has 2 aromatic heterocycles. The zero-order valence-corrected chi connectivity index (χ0v) is 19.6. The van der Waals surface area contributed by atoms with Gasteiger partial charge < -0.3 is 9.64 Å². The van der Waals surface area contributed by atoms with Crippen LogP contribution in [-0.4, -0.2) is 50.1 Å². The number of nitrogens with zero attached hydrogens (tertiary/aromatic N) is 4. The molecule has 6 nitrogen and oxygen atoms in total. The maximum absolute atomic E-state index is 13.2. The van der Waals surface area contributed by atoms with Crippen LogP contribution in [0.3, 0.4) is 0 Å². The largest absolute Gasteiger partial charge is 0.376 e. The summed E-state index contributed by atoms with van der Waals surface area (Å²) in [7, 11) is 0. The van der Waals surface area contributed by atoms with E-state index in [1.807, 2.05) is 48.4 Å². The first kappa shape index (κ1) is 22.0. The van der Waals surface area contributed by atoms with Gasteiger partial charge in [0.25, 0.3) is 0 Å². The molecule has 1 aliphatic heterocycles. The number of benzene rings is 1. The lowest BCUT2D eigenvalue weighted by Crippen LogP contribution is -2.36. The van der Waals surface area contributed by atoms with Crippen molar-refractivity contribution in [2.75, 3.05) is 13.2 Å². The van der Waals surface area contributed by atoms with Crippen molar-refractivity contribution in [2.24, 2.45) is 0 Å². The molecule has 1 aliphatic rings. The lowest BCUT2D eigenvalue weighted by Gasteiger charge is -2.24. The molecule has 3 heterocycles. The first-order valence-corrected chi connectivity index (χ1v) is 12.5. The molecular weight excluding hydrogens is 428 g/mol. The molecule has 1 amide bonds. The molecule has 0 aliphatic carbocycles. The van der Waals surface area contributed by atoms with Crippen molar-refractivity contribution in [1.29, 1.82) is 0 Å². The number of hydrogen-bond acceptors (Lipinski definition) is 6. The monoisotopic (exact) mass is 456 g/mol. The van der Waals surface area contributed by atoms with E-state index in [2.05, 4.69) is 33.0 Å². The zero-order valence-electron chi connectivity index (χ0n) is 17.9. The maximum atomic E-state index is 13.2. The summed E-state index contributed by atoms with van der Waals surface area (Å²) in [6.45, 7) is 6.78. The fourth-order valence-electron chi connectivity index (χ4n) is 3.74. The van der Waals surface area contributed by atoms with E-state index in [1.165, 1.54) is 11.8 Å². The number of thiophene rings is 1. The van der Waals surface area contributed by atoms with Gasteiger partial charge in [0, 0.05) is 19.7 Å². The molecule has 8 heteroatoms. The number of aromatic nitrogens is 3. The van der Waals surface area contributed by atoms with Gasteiger partial charge in [-0.05, 0) is 43.7 Å². The molecule has 1 saturated heterocycles. The quantitative estimate of drug-likeness (QED) is 0.436. The van der Waals surface area contributed by atoms with Crippen molar-refractivity contribution in [3.05, 3.63) is 53.4 Å². The van der Waals surface area contributed by atoms with E-state index in [9.17, 15) is 4.79 Å². The van der Waals surface area contributed by atoms with Gasteiger partial charge in [-0.15, -0.1) is 21.5 Å². The number of amides is 1. The molecule has 0 spiro atoms. The normalized spacial score (nSPS) is 17.0. The predicted molar refractivity (Wildman–Crippen MR) is 125 cm³/mol. The van der Waals surface area contributed by atoms with Crippen LogP contribution in [0.15, 0.2) is 53.0 Å². The Kier molecular flexibility index (Phi) is 7.42. The highest BCUT2D eigenvalue weighted by atomic mass is 32.2. The number of ether oxygens (including phenoxy) is 1. The number of rotatable bonds is 9. The maximum Gasteiger partial charge on any atom is 0.236 e. The SMILES string of the molecule is CCN(Cc1ccccc1)C(=O)C(C)Sc1nnc(-c2cccs2)n1CC1CCCO1. The second-order valence-electron chi connectivity index (χ2n) is 7.63.